The first-order valence-corrected chi connectivity index (χ1v) is 6.31. The van der Waals surface area contributed by atoms with Crippen LogP contribution in [0, 0.1) is 0 Å². The summed E-state index contributed by atoms with van der Waals surface area (Å²) in [5.74, 6) is 1.27. The fourth-order valence-corrected chi connectivity index (χ4v) is 2.27. The maximum Gasteiger partial charge on any atom is 0.264 e. The number of tetrazole rings is 2. The highest BCUT2D eigenvalue weighted by Crippen LogP contribution is 2.26. The Bertz CT molecular complexity index is 573. The Hall–Kier alpha value is -2.52. The number of hydrogen-bond donors (Lipinski definition) is 0. The van der Waals surface area contributed by atoms with Gasteiger partial charge in [0.2, 0.25) is 0 Å². The monoisotopic (exact) mass is 276 g/mol. The molecule has 1 aliphatic rings. The van der Waals surface area contributed by atoms with Gasteiger partial charge in [0, 0.05) is 14.1 Å². The maximum atomic E-state index is 4.09. The summed E-state index contributed by atoms with van der Waals surface area (Å²) in [5, 5.41) is 27.3. The Labute approximate surface area is 115 Å². The van der Waals surface area contributed by atoms with Gasteiger partial charge in [0.25, 0.3) is 11.9 Å². The number of aromatic nitrogens is 8. The molecule has 10 heteroatoms. The minimum atomic E-state index is 0.0904. The first-order valence-electron chi connectivity index (χ1n) is 6.31. The fourth-order valence-electron chi connectivity index (χ4n) is 2.27. The van der Waals surface area contributed by atoms with E-state index >= 15 is 0 Å². The van der Waals surface area contributed by atoms with Crippen LogP contribution in [0.15, 0.2) is 12.2 Å². The van der Waals surface area contributed by atoms with Gasteiger partial charge in [0.1, 0.15) is 0 Å². The van der Waals surface area contributed by atoms with E-state index in [1.807, 2.05) is 10.0 Å². The molecule has 0 amide bonds. The molecule has 0 fully saturated rings. The van der Waals surface area contributed by atoms with Crippen molar-refractivity contribution in [1.82, 2.24) is 40.4 Å². The third-order valence-corrected chi connectivity index (χ3v) is 3.28. The molecular formula is C10H16N10. The van der Waals surface area contributed by atoms with Crippen LogP contribution in [0.25, 0.3) is 0 Å². The molecule has 0 radical (unpaired) electrons. The van der Waals surface area contributed by atoms with Gasteiger partial charge in [0.05, 0.1) is 12.1 Å². The van der Waals surface area contributed by atoms with Crippen molar-refractivity contribution in [2.75, 3.05) is 10.0 Å². The third kappa shape index (κ3) is 1.80. The van der Waals surface area contributed by atoms with Crippen molar-refractivity contribution in [1.29, 1.82) is 0 Å². The van der Waals surface area contributed by atoms with Crippen molar-refractivity contribution in [2.24, 2.45) is 14.1 Å². The Kier molecular flexibility index (Phi) is 2.84. The van der Waals surface area contributed by atoms with Crippen molar-refractivity contribution in [3.05, 3.63) is 12.2 Å². The van der Waals surface area contributed by atoms with Crippen LogP contribution in [-0.4, -0.2) is 52.5 Å². The Morgan fingerprint density at radius 1 is 0.800 bits per heavy atom. The van der Waals surface area contributed by atoms with Crippen molar-refractivity contribution < 1.29 is 0 Å². The summed E-state index contributed by atoms with van der Waals surface area (Å²) in [6, 6.07) is 0.181. The highest BCUT2D eigenvalue weighted by molar-refractivity contribution is 5.49. The molecule has 2 atom stereocenters. The number of rotatable bonds is 2. The van der Waals surface area contributed by atoms with E-state index in [0.29, 0.717) is 11.9 Å². The van der Waals surface area contributed by atoms with E-state index in [4.69, 9.17) is 0 Å². The maximum absolute atomic E-state index is 4.09. The zero-order valence-corrected chi connectivity index (χ0v) is 11.8. The molecule has 0 spiro atoms. The smallest absolute Gasteiger partial charge is 0.241 e. The normalized spacial score (nSPS) is 22.6. The summed E-state index contributed by atoms with van der Waals surface area (Å²) in [6.45, 7) is 4.13. The Morgan fingerprint density at radius 3 is 1.50 bits per heavy atom. The highest BCUT2D eigenvalue weighted by Gasteiger charge is 2.33. The van der Waals surface area contributed by atoms with E-state index in [9.17, 15) is 0 Å². The van der Waals surface area contributed by atoms with Crippen LogP contribution in [-0.2, 0) is 14.1 Å². The average Bonchev–Trinajstić information content (AvgIpc) is 3.01. The average molecular weight is 276 g/mol. The fraction of sp³-hybridized carbons (Fsp3) is 0.600. The van der Waals surface area contributed by atoms with E-state index in [2.05, 4.69) is 57.1 Å². The van der Waals surface area contributed by atoms with Crippen molar-refractivity contribution in [2.45, 2.75) is 25.9 Å². The lowest BCUT2D eigenvalue weighted by atomic mass is 10.2. The summed E-state index contributed by atoms with van der Waals surface area (Å²) in [6.07, 6.45) is 4.22. The number of hydrogen-bond acceptors (Lipinski definition) is 8. The zero-order chi connectivity index (χ0) is 14.3. The number of anilines is 2. The molecule has 0 bridgehead atoms. The molecule has 20 heavy (non-hydrogen) atoms. The molecule has 10 nitrogen and oxygen atoms in total. The van der Waals surface area contributed by atoms with Crippen LogP contribution in [0.3, 0.4) is 0 Å². The van der Waals surface area contributed by atoms with Crippen LogP contribution in [0.5, 0.6) is 0 Å². The van der Waals surface area contributed by atoms with E-state index in [0.717, 1.165) is 0 Å². The van der Waals surface area contributed by atoms with E-state index in [-0.39, 0.29) is 12.1 Å². The molecule has 3 heterocycles. The highest BCUT2D eigenvalue weighted by atomic mass is 15.8. The standard InChI is InChI=1S/C10H16N10/c1-7-5-6-8(2)20(10-12-14-16-18(10)4)19(7)9-11-13-15-17(9)3/h5-8H,1-4H3/t7-,8-/m0/s1. The summed E-state index contributed by atoms with van der Waals surface area (Å²) >= 11 is 0. The lowest BCUT2D eigenvalue weighted by Gasteiger charge is -2.43. The number of nitrogens with zero attached hydrogens (tertiary/aromatic N) is 10. The van der Waals surface area contributed by atoms with E-state index < -0.39 is 0 Å². The van der Waals surface area contributed by atoms with Gasteiger partial charge in [0.15, 0.2) is 0 Å². The SMILES string of the molecule is C[C@H]1C=C[C@H](C)N(c2nnnn2C)N1c1nnnn1C. The predicted octanol–water partition coefficient (Wildman–Crippen LogP) is -0.692. The summed E-state index contributed by atoms with van der Waals surface area (Å²) < 4.78 is 3.25. The lowest BCUT2D eigenvalue weighted by molar-refractivity contribution is 0.549. The van der Waals surface area contributed by atoms with Crippen LogP contribution in [0.2, 0.25) is 0 Å². The molecule has 0 saturated carbocycles. The molecule has 2 aromatic heterocycles. The topological polar surface area (TPSA) is 93.7 Å². The van der Waals surface area contributed by atoms with Crippen LogP contribution >= 0.6 is 0 Å². The molecule has 106 valence electrons. The molecule has 3 rings (SSSR count). The van der Waals surface area contributed by atoms with E-state index in [1.165, 1.54) is 0 Å². The molecule has 0 unspecified atom stereocenters. The third-order valence-electron chi connectivity index (χ3n) is 3.28. The van der Waals surface area contributed by atoms with Gasteiger partial charge in [-0.3, -0.25) is 0 Å². The van der Waals surface area contributed by atoms with Gasteiger partial charge in [-0.15, -0.1) is 0 Å². The van der Waals surface area contributed by atoms with Crippen LogP contribution < -0.4 is 10.0 Å². The summed E-state index contributed by atoms with van der Waals surface area (Å²) in [4.78, 5) is 0. The van der Waals surface area contributed by atoms with Gasteiger partial charge in [-0.1, -0.05) is 22.3 Å². The quantitative estimate of drug-likeness (QED) is 0.665. The molecule has 2 aromatic rings. The Morgan fingerprint density at radius 2 is 1.20 bits per heavy atom. The second-order valence-electron chi connectivity index (χ2n) is 4.76. The van der Waals surface area contributed by atoms with Crippen molar-refractivity contribution in [3.8, 4) is 0 Å². The zero-order valence-electron chi connectivity index (χ0n) is 11.8. The second kappa shape index (κ2) is 4.54. The Balaban J connectivity index is 2.10. The van der Waals surface area contributed by atoms with Crippen LogP contribution in [0.4, 0.5) is 11.9 Å². The first kappa shape index (κ1) is 12.5. The largest absolute Gasteiger partial charge is 0.264 e. The molecule has 0 aliphatic carbocycles. The van der Waals surface area contributed by atoms with Crippen LogP contribution in [0.1, 0.15) is 13.8 Å². The summed E-state index contributed by atoms with van der Waals surface area (Å²) in [5.41, 5.74) is 0. The predicted molar refractivity (Wildman–Crippen MR) is 70.6 cm³/mol. The van der Waals surface area contributed by atoms with E-state index in [1.54, 1.807) is 23.5 Å². The molecule has 0 N–H and O–H groups in total. The minimum Gasteiger partial charge on any atom is -0.241 e. The number of aryl methyl sites for hydroxylation is 2. The minimum absolute atomic E-state index is 0.0904. The van der Waals surface area contributed by atoms with Gasteiger partial charge >= 0.3 is 0 Å². The summed E-state index contributed by atoms with van der Waals surface area (Å²) in [7, 11) is 3.61. The lowest BCUT2D eigenvalue weighted by Crippen LogP contribution is -2.56. The van der Waals surface area contributed by atoms with Gasteiger partial charge < -0.3 is 0 Å². The molecule has 0 aromatic carbocycles. The number of hydrazine groups is 1. The second-order valence-corrected chi connectivity index (χ2v) is 4.76. The van der Waals surface area contributed by atoms with Gasteiger partial charge in [-0.05, 0) is 34.7 Å². The van der Waals surface area contributed by atoms with Gasteiger partial charge in [-0.25, -0.2) is 19.4 Å². The first-order chi connectivity index (χ1) is 9.59. The molecular weight excluding hydrogens is 260 g/mol. The van der Waals surface area contributed by atoms with Gasteiger partial charge in [-0.2, -0.15) is 0 Å². The van der Waals surface area contributed by atoms with Crippen molar-refractivity contribution in [3.63, 3.8) is 0 Å². The molecule has 1 aliphatic heterocycles. The molecule has 0 saturated heterocycles. The van der Waals surface area contributed by atoms with Crippen molar-refractivity contribution >= 4 is 11.9 Å².